The van der Waals surface area contributed by atoms with Gasteiger partial charge in [-0.1, -0.05) is 30.0 Å². The molecule has 0 fully saturated rings. The molecule has 2 aromatic carbocycles. The second-order valence-corrected chi connectivity index (χ2v) is 10.6. The fourth-order valence-electron chi connectivity index (χ4n) is 3.77. The molecule has 0 spiro atoms. The summed E-state index contributed by atoms with van der Waals surface area (Å²) in [5, 5.41) is 0. The Hall–Kier alpha value is -2.42. The van der Waals surface area contributed by atoms with Crippen LogP contribution >= 0.6 is 11.8 Å². The van der Waals surface area contributed by atoms with Gasteiger partial charge < -0.3 is 4.90 Å². The van der Waals surface area contributed by atoms with Crippen molar-refractivity contribution in [1.82, 2.24) is 9.97 Å². The lowest BCUT2D eigenvalue weighted by Crippen LogP contribution is -2.38. The molecule has 156 valence electrons. The number of rotatable bonds is 5. The highest BCUT2D eigenvalue weighted by Crippen LogP contribution is 2.50. The summed E-state index contributed by atoms with van der Waals surface area (Å²) < 4.78 is 33.2. The van der Waals surface area contributed by atoms with Gasteiger partial charge in [0.15, 0.2) is 10.6 Å². The molecule has 1 unspecified atom stereocenters. The lowest BCUT2D eigenvalue weighted by Gasteiger charge is -2.36. The van der Waals surface area contributed by atoms with Crippen molar-refractivity contribution in [3.63, 3.8) is 0 Å². The monoisotopic (exact) mass is 441 g/mol. The predicted molar refractivity (Wildman–Crippen MR) is 119 cm³/mol. The minimum Gasteiger partial charge on any atom is -0.340 e. The van der Waals surface area contributed by atoms with Gasteiger partial charge in [-0.25, -0.2) is 9.97 Å². The first kappa shape index (κ1) is 20.8. The lowest BCUT2D eigenvalue weighted by atomic mass is 10.0. The van der Waals surface area contributed by atoms with Gasteiger partial charge in [-0.3, -0.25) is 4.55 Å². The number of fused-ring (bicyclic) bond motifs is 2. The molecule has 4 rings (SSSR count). The van der Waals surface area contributed by atoms with Gasteiger partial charge in [-0.2, -0.15) is 8.42 Å². The van der Waals surface area contributed by atoms with Crippen molar-refractivity contribution < 1.29 is 13.0 Å². The van der Waals surface area contributed by atoms with Crippen LogP contribution in [-0.2, 0) is 14.9 Å². The van der Waals surface area contributed by atoms with Crippen molar-refractivity contribution in [3.8, 4) is 0 Å². The number of hydrogen-bond donors (Lipinski definition) is 1. The highest BCUT2D eigenvalue weighted by atomic mass is 32.2. The standard InChI is InChI=1S/C22H23N3O3S2/c1-15-13-16(2)20-18(14-15)25(17-7-4-5-8-19(17)29-20)12-9-22(3,30(26,27)28)21-23-10-6-11-24-21/h4-8,10-11,13-14H,9,12H2,1-3H3,(H,26,27,28). The van der Waals surface area contributed by atoms with E-state index in [1.54, 1.807) is 17.8 Å². The minimum atomic E-state index is -4.45. The van der Waals surface area contributed by atoms with E-state index in [1.165, 1.54) is 24.9 Å². The number of hydrogen-bond acceptors (Lipinski definition) is 6. The van der Waals surface area contributed by atoms with Gasteiger partial charge in [0.05, 0.1) is 11.4 Å². The Morgan fingerprint density at radius 1 is 1.07 bits per heavy atom. The third-order valence-electron chi connectivity index (χ3n) is 5.48. The molecule has 0 saturated carbocycles. The molecule has 6 nitrogen and oxygen atoms in total. The summed E-state index contributed by atoms with van der Waals surface area (Å²) in [6.07, 6.45) is 3.10. The van der Waals surface area contributed by atoms with Crippen LogP contribution in [0.3, 0.4) is 0 Å². The summed E-state index contributed by atoms with van der Waals surface area (Å²) >= 11 is 1.72. The Kier molecular flexibility index (Phi) is 5.34. The second kappa shape index (κ2) is 7.68. The average Bonchev–Trinajstić information content (AvgIpc) is 2.71. The molecule has 30 heavy (non-hydrogen) atoms. The van der Waals surface area contributed by atoms with E-state index in [1.807, 2.05) is 18.2 Å². The number of aryl methyl sites for hydroxylation is 2. The fraction of sp³-hybridized carbons (Fsp3) is 0.273. The van der Waals surface area contributed by atoms with Gasteiger partial charge in [0.1, 0.15) is 0 Å². The second-order valence-electron chi connectivity index (χ2n) is 7.68. The molecule has 0 amide bonds. The highest BCUT2D eigenvalue weighted by molar-refractivity contribution is 7.99. The Labute approximate surface area is 181 Å². The molecule has 8 heteroatoms. The molecule has 2 heterocycles. The topological polar surface area (TPSA) is 83.4 Å². The van der Waals surface area contributed by atoms with E-state index in [0.717, 1.165) is 26.7 Å². The van der Waals surface area contributed by atoms with E-state index < -0.39 is 14.9 Å². The SMILES string of the molecule is Cc1cc(C)c2c(c1)N(CCC(C)(c1ncccn1)S(=O)(=O)O)c1ccccc1S2. The lowest BCUT2D eigenvalue weighted by molar-refractivity contribution is 0.417. The van der Waals surface area contributed by atoms with Gasteiger partial charge in [0.2, 0.25) is 0 Å². The van der Waals surface area contributed by atoms with Crippen LogP contribution in [0.15, 0.2) is 64.6 Å². The third kappa shape index (κ3) is 3.59. The molecule has 1 aliphatic rings. The summed E-state index contributed by atoms with van der Waals surface area (Å²) in [5.41, 5.74) is 4.38. The maximum Gasteiger partial charge on any atom is 0.277 e. The van der Waals surface area contributed by atoms with Crippen molar-refractivity contribution in [2.24, 2.45) is 0 Å². The molecule has 0 aliphatic carbocycles. The number of nitrogens with zero attached hydrogens (tertiary/aromatic N) is 3. The molecule has 0 saturated heterocycles. The Balaban J connectivity index is 1.78. The van der Waals surface area contributed by atoms with Crippen LogP contribution in [0, 0.1) is 13.8 Å². The summed E-state index contributed by atoms with van der Waals surface area (Å²) in [6.45, 7) is 5.99. The van der Waals surface area contributed by atoms with Gasteiger partial charge in [0, 0.05) is 28.7 Å². The largest absolute Gasteiger partial charge is 0.340 e. The maximum absolute atomic E-state index is 12.4. The zero-order chi connectivity index (χ0) is 21.5. The highest BCUT2D eigenvalue weighted by Gasteiger charge is 2.43. The Bertz CT molecular complexity index is 1200. The quantitative estimate of drug-likeness (QED) is 0.564. The number of para-hydroxylation sites is 1. The minimum absolute atomic E-state index is 0.0906. The van der Waals surface area contributed by atoms with E-state index in [0.29, 0.717) is 6.54 Å². The van der Waals surface area contributed by atoms with Crippen LogP contribution in [0.2, 0.25) is 0 Å². The third-order valence-corrected chi connectivity index (χ3v) is 8.30. The number of anilines is 2. The van der Waals surface area contributed by atoms with Crippen molar-refractivity contribution in [2.75, 3.05) is 11.4 Å². The molecule has 1 N–H and O–H groups in total. The van der Waals surface area contributed by atoms with Crippen molar-refractivity contribution in [1.29, 1.82) is 0 Å². The fourth-order valence-corrected chi connectivity index (χ4v) is 5.59. The molecule has 1 aromatic heterocycles. The van der Waals surface area contributed by atoms with Gasteiger partial charge in [0.25, 0.3) is 10.1 Å². The summed E-state index contributed by atoms with van der Waals surface area (Å²) in [5.74, 6) is 0.0906. The molecular weight excluding hydrogens is 418 g/mol. The van der Waals surface area contributed by atoms with Gasteiger partial charge >= 0.3 is 0 Å². The first-order valence-electron chi connectivity index (χ1n) is 9.61. The number of aromatic nitrogens is 2. The first-order chi connectivity index (χ1) is 14.2. The number of benzene rings is 2. The maximum atomic E-state index is 12.4. The van der Waals surface area contributed by atoms with Crippen molar-refractivity contribution in [3.05, 3.63) is 71.8 Å². The van der Waals surface area contributed by atoms with Crippen LogP contribution < -0.4 is 4.90 Å². The molecular formula is C22H23N3O3S2. The smallest absolute Gasteiger partial charge is 0.277 e. The molecule has 1 aliphatic heterocycles. The normalized spacial score (nSPS) is 15.3. The summed E-state index contributed by atoms with van der Waals surface area (Å²) in [6, 6.07) is 14.0. The average molecular weight is 442 g/mol. The molecule has 1 atom stereocenters. The van der Waals surface area contributed by atoms with Crippen molar-refractivity contribution in [2.45, 2.75) is 41.7 Å². The van der Waals surface area contributed by atoms with Gasteiger partial charge in [-0.05, 0) is 62.6 Å². The van der Waals surface area contributed by atoms with Crippen LogP contribution in [0.4, 0.5) is 11.4 Å². The van der Waals surface area contributed by atoms with Gasteiger partial charge in [-0.15, -0.1) is 0 Å². The van der Waals surface area contributed by atoms with E-state index in [9.17, 15) is 13.0 Å². The molecule has 3 aromatic rings. The summed E-state index contributed by atoms with van der Waals surface area (Å²) in [4.78, 5) is 12.7. The van der Waals surface area contributed by atoms with Crippen LogP contribution in [0.1, 0.15) is 30.3 Å². The predicted octanol–water partition coefficient (Wildman–Crippen LogP) is 4.89. The van der Waals surface area contributed by atoms with Crippen LogP contribution in [0.5, 0.6) is 0 Å². The van der Waals surface area contributed by atoms with E-state index in [-0.39, 0.29) is 12.2 Å². The summed E-state index contributed by atoms with van der Waals surface area (Å²) in [7, 11) is -4.45. The van der Waals surface area contributed by atoms with Crippen LogP contribution in [-0.4, -0.2) is 29.5 Å². The van der Waals surface area contributed by atoms with E-state index >= 15 is 0 Å². The zero-order valence-electron chi connectivity index (χ0n) is 17.0. The molecule has 0 bridgehead atoms. The Morgan fingerprint density at radius 3 is 2.47 bits per heavy atom. The molecule has 0 radical (unpaired) electrons. The zero-order valence-corrected chi connectivity index (χ0v) is 18.7. The first-order valence-corrected chi connectivity index (χ1v) is 11.9. The van der Waals surface area contributed by atoms with E-state index in [2.05, 4.69) is 46.9 Å². The van der Waals surface area contributed by atoms with E-state index in [4.69, 9.17) is 0 Å². The van der Waals surface area contributed by atoms with Crippen LogP contribution in [0.25, 0.3) is 0 Å². The Morgan fingerprint density at radius 2 is 1.77 bits per heavy atom. The van der Waals surface area contributed by atoms with Crippen molar-refractivity contribution >= 4 is 33.3 Å².